The van der Waals surface area contributed by atoms with Gasteiger partial charge in [0.15, 0.2) is 0 Å². The summed E-state index contributed by atoms with van der Waals surface area (Å²) in [6.07, 6.45) is 6.16. The Hall–Kier alpha value is -0.800. The number of fused-ring (bicyclic) bond motifs is 1. The second-order valence-corrected chi connectivity index (χ2v) is 5.70. The second-order valence-electron chi connectivity index (χ2n) is 4.94. The van der Waals surface area contributed by atoms with Gasteiger partial charge in [0.1, 0.15) is 11.3 Å². The Balaban J connectivity index is 1.90. The molecule has 1 atom stereocenters. The molecule has 3 rings (SSSR count). The predicted octanol–water partition coefficient (Wildman–Crippen LogP) is 4.24. The van der Waals surface area contributed by atoms with Crippen molar-refractivity contribution in [2.45, 2.75) is 43.6 Å². The number of alkyl halides is 1. The number of thiocarbonyl (C=S) groups is 1. The van der Waals surface area contributed by atoms with Crippen LogP contribution in [0.2, 0.25) is 0 Å². The number of benzene rings is 1. The first-order valence-electron chi connectivity index (χ1n) is 6.50. The number of hydrogen-bond donors (Lipinski definition) is 0. The molecular weight excluding hydrogens is 266 g/mol. The lowest BCUT2D eigenvalue weighted by molar-refractivity contribution is 0.191. The number of ether oxygens (including phenoxy) is 1. The Kier molecular flexibility index (Phi) is 3.44. The molecule has 0 aromatic heterocycles. The first kappa shape index (κ1) is 12.2. The third-order valence-corrected chi connectivity index (χ3v) is 4.54. The normalized spacial score (nSPS) is 24.6. The van der Waals surface area contributed by atoms with E-state index in [1.807, 2.05) is 24.3 Å². The van der Waals surface area contributed by atoms with Crippen LogP contribution in [-0.2, 0) is 0 Å². The van der Waals surface area contributed by atoms with Gasteiger partial charge in [-0.3, -0.25) is 0 Å². The molecule has 1 aromatic carbocycles. The highest BCUT2D eigenvalue weighted by molar-refractivity contribution is 7.80. The zero-order valence-electron chi connectivity index (χ0n) is 10.1. The van der Waals surface area contributed by atoms with Crippen LogP contribution in [0.1, 0.15) is 43.2 Å². The first-order chi connectivity index (χ1) is 8.77. The van der Waals surface area contributed by atoms with Gasteiger partial charge in [0.25, 0.3) is 5.17 Å². The molecule has 2 nitrogen and oxygen atoms in total. The van der Waals surface area contributed by atoms with Crippen molar-refractivity contribution < 1.29 is 4.74 Å². The van der Waals surface area contributed by atoms with E-state index >= 15 is 0 Å². The largest absolute Gasteiger partial charge is 0.431 e. The van der Waals surface area contributed by atoms with Gasteiger partial charge in [-0.25, -0.2) is 0 Å². The highest BCUT2D eigenvalue weighted by Crippen LogP contribution is 2.40. The summed E-state index contributed by atoms with van der Waals surface area (Å²) in [4.78, 5) is 2.08. The number of halogens is 1. The molecule has 18 heavy (non-hydrogen) atoms. The number of hydrogen-bond acceptors (Lipinski definition) is 2. The summed E-state index contributed by atoms with van der Waals surface area (Å²) in [6.45, 7) is 0. The van der Waals surface area contributed by atoms with Crippen molar-refractivity contribution in [2.75, 3.05) is 0 Å². The standard InChI is InChI=1S/C14H16ClNOS/c15-13-11-8-4-5-9-12(11)17-14(18)16(13)10-6-2-1-3-7-10/h4-5,8-10,13H,1-3,6-7H2/t13-/m1/s1. The first-order valence-corrected chi connectivity index (χ1v) is 7.35. The van der Waals surface area contributed by atoms with E-state index in [9.17, 15) is 0 Å². The van der Waals surface area contributed by atoms with Gasteiger partial charge in [-0.15, -0.1) is 0 Å². The third-order valence-electron chi connectivity index (χ3n) is 3.80. The molecule has 0 bridgehead atoms. The summed E-state index contributed by atoms with van der Waals surface area (Å²) >= 11 is 12.0. The molecule has 0 N–H and O–H groups in total. The SMILES string of the molecule is S=C1Oc2ccccc2[C@H](Cl)N1C1CCCCC1. The zero-order chi connectivity index (χ0) is 12.5. The van der Waals surface area contributed by atoms with Gasteiger partial charge in [-0.1, -0.05) is 49.1 Å². The third kappa shape index (κ3) is 2.10. The maximum atomic E-state index is 6.60. The molecule has 0 spiro atoms. The van der Waals surface area contributed by atoms with Crippen molar-refractivity contribution in [3.8, 4) is 5.75 Å². The molecule has 1 aliphatic carbocycles. The fourth-order valence-electron chi connectivity index (χ4n) is 2.85. The topological polar surface area (TPSA) is 12.5 Å². The van der Waals surface area contributed by atoms with Gasteiger partial charge in [0.05, 0.1) is 0 Å². The highest BCUT2D eigenvalue weighted by Gasteiger charge is 2.35. The van der Waals surface area contributed by atoms with Crippen LogP contribution in [0.4, 0.5) is 0 Å². The second kappa shape index (κ2) is 5.06. The van der Waals surface area contributed by atoms with Crippen LogP contribution >= 0.6 is 23.8 Å². The van der Waals surface area contributed by atoms with Crippen molar-refractivity contribution in [3.05, 3.63) is 29.8 Å². The van der Waals surface area contributed by atoms with Crippen LogP contribution in [0.15, 0.2) is 24.3 Å². The lowest BCUT2D eigenvalue weighted by Gasteiger charge is -2.41. The summed E-state index contributed by atoms with van der Waals surface area (Å²) in [5, 5.41) is 0.528. The number of para-hydroxylation sites is 1. The van der Waals surface area contributed by atoms with Gasteiger partial charge in [0.2, 0.25) is 0 Å². The van der Waals surface area contributed by atoms with E-state index in [0.717, 1.165) is 24.2 Å². The summed E-state index contributed by atoms with van der Waals surface area (Å²) in [5.41, 5.74) is 0.837. The monoisotopic (exact) mass is 281 g/mol. The van der Waals surface area contributed by atoms with Gasteiger partial charge in [0, 0.05) is 11.6 Å². The van der Waals surface area contributed by atoms with Crippen LogP contribution < -0.4 is 4.74 Å². The molecular formula is C14H16ClNOS. The Morgan fingerprint density at radius 1 is 1.17 bits per heavy atom. The van der Waals surface area contributed by atoms with Crippen LogP contribution in [0, 0.1) is 0 Å². The predicted molar refractivity (Wildman–Crippen MR) is 77.0 cm³/mol. The van der Waals surface area contributed by atoms with Crippen LogP contribution in [0.25, 0.3) is 0 Å². The van der Waals surface area contributed by atoms with E-state index in [2.05, 4.69) is 4.90 Å². The minimum absolute atomic E-state index is 0.189. The van der Waals surface area contributed by atoms with E-state index in [1.165, 1.54) is 19.3 Å². The summed E-state index contributed by atoms with van der Waals surface area (Å²) < 4.78 is 5.74. The smallest absolute Gasteiger partial charge is 0.266 e. The maximum absolute atomic E-state index is 6.60. The number of rotatable bonds is 1. The minimum Gasteiger partial charge on any atom is -0.431 e. The fraction of sp³-hybridized carbons (Fsp3) is 0.500. The molecule has 1 saturated carbocycles. The van der Waals surface area contributed by atoms with Crippen molar-refractivity contribution >= 4 is 29.0 Å². The molecule has 1 heterocycles. The summed E-state index contributed by atoms with van der Waals surface area (Å²) in [6, 6.07) is 8.31. The fourth-order valence-corrected chi connectivity index (χ4v) is 3.68. The van der Waals surface area contributed by atoms with E-state index in [4.69, 9.17) is 28.6 Å². The van der Waals surface area contributed by atoms with Gasteiger partial charge in [-0.05, 0) is 31.1 Å². The van der Waals surface area contributed by atoms with Crippen molar-refractivity contribution in [3.63, 3.8) is 0 Å². The lowest BCUT2D eigenvalue weighted by Crippen LogP contribution is -2.46. The number of nitrogens with zero attached hydrogens (tertiary/aromatic N) is 1. The molecule has 96 valence electrons. The molecule has 4 heteroatoms. The average Bonchev–Trinajstić information content (AvgIpc) is 2.40. The molecule has 0 amide bonds. The van der Waals surface area contributed by atoms with Crippen LogP contribution in [-0.4, -0.2) is 16.1 Å². The quantitative estimate of drug-likeness (QED) is 0.434. The van der Waals surface area contributed by atoms with Crippen LogP contribution in [0.3, 0.4) is 0 Å². The Morgan fingerprint density at radius 2 is 1.89 bits per heavy atom. The Labute approximate surface area is 118 Å². The van der Waals surface area contributed by atoms with Gasteiger partial charge in [-0.2, -0.15) is 0 Å². The van der Waals surface area contributed by atoms with E-state index in [1.54, 1.807) is 0 Å². The molecule has 0 saturated heterocycles. The van der Waals surface area contributed by atoms with Gasteiger partial charge >= 0.3 is 0 Å². The zero-order valence-corrected chi connectivity index (χ0v) is 11.7. The Morgan fingerprint density at radius 3 is 2.67 bits per heavy atom. The van der Waals surface area contributed by atoms with Crippen LogP contribution in [0.5, 0.6) is 5.75 Å². The molecule has 1 aliphatic heterocycles. The average molecular weight is 282 g/mol. The van der Waals surface area contributed by atoms with Crippen molar-refractivity contribution in [2.24, 2.45) is 0 Å². The van der Waals surface area contributed by atoms with Crippen molar-refractivity contribution in [1.82, 2.24) is 4.90 Å². The molecule has 1 fully saturated rings. The Bertz CT molecular complexity index is 459. The highest BCUT2D eigenvalue weighted by atomic mass is 35.5. The molecule has 1 aromatic rings. The minimum atomic E-state index is -0.189. The summed E-state index contributed by atoms with van der Waals surface area (Å²) in [7, 11) is 0. The molecule has 0 radical (unpaired) electrons. The van der Waals surface area contributed by atoms with Crippen molar-refractivity contribution in [1.29, 1.82) is 0 Å². The summed E-state index contributed by atoms with van der Waals surface area (Å²) in [5.74, 6) is 0.801. The maximum Gasteiger partial charge on any atom is 0.266 e. The van der Waals surface area contributed by atoms with E-state index < -0.39 is 0 Å². The molecule has 0 unspecified atom stereocenters. The lowest BCUT2D eigenvalue weighted by atomic mass is 9.94. The van der Waals surface area contributed by atoms with E-state index in [-0.39, 0.29) is 5.50 Å². The van der Waals surface area contributed by atoms with Gasteiger partial charge < -0.3 is 9.64 Å². The van der Waals surface area contributed by atoms with E-state index in [0.29, 0.717) is 11.2 Å². The molecule has 2 aliphatic rings.